The van der Waals surface area contributed by atoms with Gasteiger partial charge in [0.1, 0.15) is 6.61 Å². The van der Waals surface area contributed by atoms with Crippen LogP contribution in [0.25, 0.3) is 0 Å². The normalized spacial score (nSPS) is 21.4. The number of hydrogen-bond donors (Lipinski definition) is 1. The lowest BCUT2D eigenvalue weighted by atomic mass is 9.98. The zero-order valence-corrected chi connectivity index (χ0v) is 10.9. The molecule has 0 radical (unpaired) electrons. The maximum atomic E-state index is 11.9. The fourth-order valence-corrected chi connectivity index (χ4v) is 2.51. The Hall–Kier alpha value is -1.14. The molecule has 2 aliphatic rings. The van der Waals surface area contributed by atoms with Crippen molar-refractivity contribution in [3.63, 3.8) is 0 Å². The summed E-state index contributed by atoms with van der Waals surface area (Å²) in [7, 11) is 1.93. The highest BCUT2D eigenvalue weighted by Crippen LogP contribution is 2.13. The van der Waals surface area contributed by atoms with Gasteiger partial charge in [-0.05, 0) is 38.9 Å². The molecule has 0 aliphatic carbocycles. The van der Waals surface area contributed by atoms with Gasteiger partial charge >= 0.3 is 6.09 Å². The lowest BCUT2D eigenvalue weighted by Gasteiger charge is -2.27. The Kier molecular flexibility index (Phi) is 4.54. The van der Waals surface area contributed by atoms with Gasteiger partial charge in [-0.1, -0.05) is 0 Å². The maximum Gasteiger partial charge on any atom is 0.416 e. The quantitative estimate of drug-likeness (QED) is 0.760. The number of nitrogens with one attached hydrogen (secondary N) is 1. The summed E-state index contributed by atoms with van der Waals surface area (Å²) in [5.41, 5.74) is 0. The Morgan fingerprint density at radius 3 is 2.83 bits per heavy atom. The van der Waals surface area contributed by atoms with Crippen molar-refractivity contribution in [2.24, 2.45) is 5.92 Å². The summed E-state index contributed by atoms with van der Waals surface area (Å²) < 4.78 is 4.76. The van der Waals surface area contributed by atoms with Crippen molar-refractivity contribution in [2.45, 2.75) is 12.8 Å². The van der Waals surface area contributed by atoms with Crippen LogP contribution >= 0.6 is 0 Å². The highest BCUT2D eigenvalue weighted by atomic mass is 16.6. The zero-order valence-electron chi connectivity index (χ0n) is 10.9. The molecule has 2 fully saturated rings. The zero-order chi connectivity index (χ0) is 13.0. The van der Waals surface area contributed by atoms with E-state index in [4.69, 9.17) is 4.74 Å². The minimum atomic E-state index is -0.504. The monoisotopic (exact) mass is 255 g/mol. The van der Waals surface area contributed by atoms with Crippen LogP contribution in [-0.2, 0) is 9.53 Å². The van der Waals surface area contributed by atoms with Gasteiger partial charge in [0.15, 0.2) is 0 Å². The van der Waals surface area contributed by atoms with Crippen molar-refractivity contribution in [1.29, 1.82) is 0 Å². The Labute approximate surface area is 107 Å². The van der Waals surface area contributed by atoms with Crippen LogP contribution in [0, 0.1) is 5.92 Å². The van der Waals surface area contributed by atoms with Crippen molar-refractivity contribution < 1.29 is 14.3 Å². The molecule has 1 N–H and O–H groups in total. The molecule has 0 atom stereocenters. The first-order chi connectivity index (χ1) is 8.66. The van der Waals surface area contributed by atoms with Crippen LogP contribution in [0.15, 0.2) is 0 Å². The number of piperidine rings is 1. The summed E-state index contributed by atoms with van der Waals surface area (Å²) in [6.07, 6.45) is 1.81. The highest BCUT2D eigenvalue weighted by molar-refractivity contribution is 5.93. The second-order valence-electron chi connectivity index (χ2n) is 5.05. The molecule has 18 heavy (non-hydrogen) atoms. The fourth-order valence-electron chi connectivity index (χ4n) is 2.51. The number of carbonyl (C=O) groups is 2. The van der Waals surface area contributed by atoms with Crippen LogP contribution in [0.3, 0.4) is 0 Å². The molecule has 0 aromatic rings. The van der Waals surface area contributed by atoms with E-state index in [1.807, 2.05) is 11.9 Å². The Bertz CT molecular complexity index is 316. The summed E-state index contributed by atoms with van der Waals surface area (Å²) in [6.45, 7) is 4.03. The first-order valence-corrected chi connectivity index (χ1v) is 6.53. The molecule has 0 spiro atoms. The molecule has 0 saturated carbocycles. The summed E-state index contributed by atoms with van der Waals surface area (Å²) >= 11 is 0. The van der Waals surface area contributed by atoms with Gasteiger partial charge in [0, 0.05) is 6.54 Å². The molecule has 6 heteroatoms. The van der Waals surface area contributed by atoms with Crippen LogP contribution in [0.2, 0.25) is 0 Å². The van der Waals surface area contributed by atoms with E-state index in [0.29, 0.717) is 25.6 Å². The van der Waals surface area contributed by atoms with Gasteiger partial charge in [-0.15, -0.1) is 0 Å². The predicted octanol–water partition coefficient (Wildman–Crippen LogP) is -0.103. The molecule has 2 amide bonds. The van der Waals surface area contributed by atoms with Gasteiger partial charge in [0.2, 0.25) is 5.91 Å². The predicted molar refractivity (Wildman–Crippen MR) is 66.2 cm³/mol. The van der Waals surface area contributed by atoms with Crippen LogP contribution < -0.4 is 5.32 Å². The molecule has 2 rings (SSSR count). The van der Waals surface area contributed by atoms with Crippen LogP contribution in [0.4, 0.5) is 4.79 Å². The van der Waals surface area contributed by atoms with Gasteiger partial charge in [-0.3, -0.25) is 9.69 Å². The van der Waals surface area contributed by atoms with E-state index in [-0.39, 0.29) is 5.91 Å². The summed E-state index contributed by atoms with van der Waals surface area (Å²) in [5, 5.41) is 3.32. The van der Waals surface area contributed by atoms with E-state index >= 15 is 0 Å². The number of nitrogens with zero attached hydrogens (tertiary/aromatic N) is 2. The third kappa shape index (κ3) is 3.43. The SMILES string of the molecule is CN(CC(=O)N1CCOC1=O)CC1CCNCC1. The molecule has 0 aromatic carbocycles. The highest BCUT2D eigenvalue weighted by Gasteiger charge is 2.29. The molecule has 0 aromatic heterocycles. The van der Waals surface area contributed by atoms with E-state index in [0.717, 1.165) is 32.5 Å². The topological polar surface area (TPSA) is 61.9 Å². The van der Waals surface area contributed by atoms with E-state index in [1.54, 1.807) is 0 Å². The van der Waals surface area contributed by atoms with Crippen molar-refractivity contribution >= 4 is 12.0 Å². The Morgan fingerprint density at radius 2 is 2.22 bits per heavy atom. The number of amides is 2. The van der Waals surface area contributed by atoms with Gasteiger partial charge in [0.05, 0.1) is 13.1 Å². The number of rotatable bonds is 4. The third-order valence-electron chi connectivity index (χ3n) is 3.50. The number of hydrogen-bond acceptors (Lipinski definition) is 5. The largest absolute Gasteiger partial charge is 0.447 e. The smallest absolute Gasteiger partial charge is 0.416 e. The van der Waals surface area contributed by atoms with Crippen LogP contribution in [0.5, 0.6) is 0 Å². The molecular weight excluding hydrogens is 234 g/mol. The Balaban J connectivity index is 1.74. The molecule has 102 valence electrons. The van der Waals surface area contributed by atoms with Crippen molar-refractivity contribution in [3.05, 3.63) is 0 Å². The first-order valence-electron chi connectivity index (χ1n) is 6.53. The van der Waals surface area contributed by atoms with E-state index < -0.39 is 6.09 Å². The summed E-state index contributed by atoms with van der Waals surface area (Å²) in [5.74, 6) is 0.489. The second kappa shape index (κ2) is 6.15. The van der Waals surface area contributed by atoms with Crippen molar-refractivity contribution in [3.8, 4) is 0 Å². The molecule has 2 heterocycles. The van der Waals surface area contributed by atoms with Gasteiger partial charge < -0.3 is 10.1 Å². The number of carbonyl (C=O) groups excluding carboxylic acids is 2. The average Bonchev–Trinajstić information content (AvgIpc) is 2.76. The van der Waals surface area contributed by atoms with Crippen LogP contribution in [-0.4, -0.2) is 68.2 Å². The molecule has 2 aliphatic heterocycles. The Morgan fingerprint density at radius 1 is 1.50 bits per heavy atom. The van der Waals surface area contributed by atoms with Crippen molar-refractivity contribution in [2.75, 3.05) is 46.4 Å². The maximum absolute atomic E-state index is 11.9. The molecule has 6 nitrogen and oxygen atoms in total. The molecular formula is C12H21N3O3. The minimum Gasteiger partial charge on any atom is -0.447 e. The average molecular weight is 255 g/mol. The van der Waals surface area contributed by atoms with Crippen molar-refractivity contribution in [1.82, 2.24) is 15.1 Å². The van der Waals surface area contributed by atoms with Crippen LogP contribution in [0.1, 0.15) is 12.8 Å². The second-order valence-corrected chi connectivity index (χ2v) is 5.05. The lowest BCUT2D eigenvalue weighted by Crippen LogP contribution is -2.42. The molecule has 0 unspecified atom stereocenters. The standard InChI is InChI=1S/C12H21N3O3/c1-14(8-10-2-4-13-5-3-10)9-11(16)15-6-7-18-12(15)17/h10,13H,2-9H2,1H3. The number of imide groups is 1. The van der Waals surface area contributed by atoms with Gasteiger partial charge in [0.25, 0.3) is 0 Å². The first kappa shape index (κ1) is 13.3. The fraction of sp³-hybridized carbons (Fsp3) is 0.833. The van der Waals surface area contributed by atoms with E-state index in [2.05, 4.69) is 5.32 Å². The number of ether oxygens (including phenoxy) is 1. The minimum absolute atomic E-state index is 0.158. The third-order valence-corrected chi connectivity index (χ3v) is 3.50. The lowest BCUT2D eigenvalue weighted by molar-refractivity contribution is -0.128. The van der Waals surface area contributed by atoms with E-state index in [1.165, 1.54) is 4.90 Å². The molecule has 2 saturated heterocycles. The number of likely N-dealkylation sites (N-methyl/N-ethyl adjacent to an activating group) is 1. The summed E-state index contributed by atoms with van der Waals surface area (Å²) in [6, 6.07) is 0. The van der Waals surface area contributed by atoms with Gasteiger partial charge in [-0.25, -0.2) is 9.69 Å². The molecule has 0 bridgehead atoms. The summed E-state index contributed by atoms with van der Waals surface area (Å²) in [4.78, 5) is 26.3. The van der Waals surface area contributed by atoms with E-state index in [9.17, 15) is 9.59 Å². The number of cyclic esters (lactones) is 1. The van der Waals surface area contributed by atoms with Gasteiger partial charge in [-0.2, -0.15) is 0 Å².